The van der Waals surface area contributed by atoms with Gasteiger partial charge in [0.25, 0.3) is 0 Å². The van der Waals surface area contributed by atoms with Crippen LogP contribution in [0.25, 0.3) is 33.1 Å². The fourth-order valence-corrected chi connectivity index (χ4v) is 7.09. The molecule has 3 aliphatic rings. The molecular weight excluding hydrogens is 564 g/mol. The molecule has 42 heavy (non-hydrogen) atoms. The van der Waals surface area contributed by atoms with Crippen molar-refractivity contribution in [3.05, 3.63) is 34.9 Å². The number of alkyl halides is 1. The predicted molar refractivity (Wildman–Crippen MR) is 155 cm³/mol. The molecule has 0 radical (unpaired) electrons. The van der Waals surface area contributed by atoms with Crippen molar-refractivity contribution in [2.75, 3.05) is 44.2 Å². The molecule has 3 fully saturated rings. The van der Waals surface area contributed by atoms with Crippen LogP contribution < -0.4 is 15.0 Å². The van der Waals surface area contributed by atoms with Gasteiger partial charge in [0.05, 0.1) is 40.2 Å². The van der Waals surface area contributed by atoms with E-state index in [1.54, 1.807) is 12.4 Å². The van der Waals surface area contributed by atoms with Crippen molar-refractivity contribution in [3.63, 3.8) is 0 Å². The molecule has 13 heteroatoms. The topological polar surface area (TPSA) is 119 Å². The van der Waals surface area contributed by atoms with Crippen LogP contribution in [0.4, 0.5) is 14.6 Å². The molecule has 0 aliphatic carbocycles. The van der Waals surface area contributed by atoms with Gasteiger partial charge in [-0.25, -0.2) is 8.78 Å². The van der Waals surface area contributed by atoms with Crippen molar-refractivity contribution in [2.45, 2.75) is 50.4 Å². The van der Waals surface area contributed by atoms with Crippen molar-refractivity contribution in [3.8, 4) is 23.3 Å². The lowest BCUT2D eigenvalue weighted by atomic mass is 9.95. The highest BCUT2D eigenvalue weighted by Gasteiger charge is 2.49. The lowest BCUT2D eigenvalue weighted by Gasteiger charge is -2.34. The van der Waals surface area contributed by atoms with Crippen LogP contribution in [0.1, 0.15) is 31.2 Å². The smallest absolute Gasteiger partial charge is 0.319 e. The minimum atomic E-state index is -0.898. The average Bonchev–Trinajstić information content (AvgIpc) is 3.67. The second kappa shape index (κ2) is 10.6. The number of benzene rings is 1. The first kappa shape index (κ1) is 27.2. The fraction of sp³-hybridized carbons (Fsp3) is 0.483. The molecule has 218 valence electrons. The summed E-state index contributed by atoms with van der Waals surface area (Å²) < 4.78 is 37.2. The molecule has 10 nitrogen and oxygen atoms in total. The van der Waals surface area contributed by atoms with Gasteiger partial charge in [0, 0.05) is 55.8 Å². The van der Waals surface area contributed by atoms with E-state index in [1.807, 2.05) is 17.9 Å². The third-order valence-corrected chi connectivity index (χ3v) is 9.36. The molecule has 3 saturated heterocycles. The van der Waals surface area contributed by atoms with E-state index in [2.05, 4.69) is 36.5 Å². The van der Waals surface area contributed by atoms with Gasteiger partial charge in [0.15, 0.2) is 5.82 Å². The zero-order valence-electron chi connectivity index (χ0n) is 23.1. The van der Waals surface area contributed by atoms with Crippen molar-refractivity contribution in [1.82, 2.24) is 35.4 Å². The third kappa shape index (κ3) is 4.51. The molecule has 7 rings (SSSR count). The summed E-state index contributed by atoms with van der Waals surface area (Å²) in [5, 5.41) is 21.1. The quantitative estimate of drug-likeness (QED) is 0.337. The van der Waals surface area contributed by atoms with Gasteiger partial charge in [-0.05, 0) is 37.9 Å². The third-order valence-electron chi connectivity index (χ3n) is 8.87. The van der Waals surface area contributed by atoms with Gasteiger partial charge in [-0.2, -0.15) is 20.3 Å². The molecule has 1 aromatic carbocycles. The normalized spacial score (nSPS) is 24.4. The molecule has 6 heterocycles. The van der Waals surface area contributed by atoms with Crippen molar-refractivity contribution >= 4 is 39.2 Å². The number of rotatable bonds is 6. The van der Waals surface area contributed by atoms with E-state index in [0.717, 1.165) is 24.9 Å². The Labute approximate surface area is 246 Å². The molecule has 0 spiro atoms. The van der Waals surface area contributed by atoms with Crippen LogP contribution in [0.5, 0.6) is 6.01 Å². The van der Waals surface area contributed by atoms with Gasteiger partial charge < -0.3 is 15.0 Å². The summed E-state index contributed by atoms with van der Waals surface area (Å²) in [6.07, 6.45) is 4.81. The fourth-order valence-electron chi connectivity index (χ4n) is 6.85. The number of hydrogen-bond donors (Lipinski definition) is 2. The summed E-state index contributed by atoms with van der Waals surface area (Å²) in [7, 11) is 0. The highest BCUT2D eigenvalue weighted by atomic mass is 35.5. The number of nitrogens with one attached hydrogen (secondary N) is 2. The zero-order valence-corrected chi connectivity index (χ0v) is 23.9. The number of aromatic amines is 1. The number of hydrogen-bond acceptors (Lipinski definition) is 9. The van der Waals surface area contributed by atoms with Crippen molar-refractivity contribution in [2.24, 2.45) is 0 Å². The molecule has 0 amide bonds. The summed E-state index contributed by atoms with van der Waals surface area (Å²) in [6.45, 7) is 5.03. The lowest BCUT2D eigenvalue weighted by Crippen LogP contribution is -2.51. The van der Waals surface area contributed by atoms with Gasteiger partial charge in [-0.3, -0.25) is 15.0 Å². The van der Waals surface area contributed by atoms with Crippen LogP contribution in [-0.4, -0.2) is 87.1 Å². The van der Waals surface area contributed by atoms with Gasteiger partial charge in [0.2, 0.25) is 0 Å². The number of aromatic nitrogens is 5. The van der Waals surface area contributed by atoms with Gasteiger partial charge in [-0.15, -0.1) is 0 Å². The minimum absolute atomic E-state index is 0.0243. The van der Waals surface area contributed by atoms with Crippen LogP contribution in [0.15, 0.2) is 18.5 Å². The Morgan fingerprint density at radius 2 is 2.12 bits per heavy atom. The Hall–Kier alpha value is -3.66. The maximum Gasteiger partial charge on any atom is 0.319 e. The van der Waals surface area contributed by atoms with Gasteiger partial charge in [-0.1, -0.05) is 11.6 Å². The second-order valence-electron chi connectivity index (χ2n) is 11.5. The summed E-state index contributed by atoms with van der Waals surface area (Å²) in [4.78, 5) is 18.0. The Kier molecular flexibility index (Phi) is 6.84. The van der Waals surface area contributed by atoms with E-state index >= 15 is 4.39 Å². The van der Waals surface area contributed by atoms with Crippen LogP contribution >= 0.6 is 11.6 Å². The van der Waals surface area contributed by atoms with Crippen molar-refractivity contribution < 1.29 is 13.5 Å². The number of nitrogens with zero attached hydrogens (tertiary/aromatic N) is 7. The van der Waals surface area contributed by atoms with E-state index in [-0.39, 0.29) is 29.9 Å². The van der Waals surface area contributed by atoms with E-state index in [0.29, 0.717) is 71.7 Å². The number of ether oxygens (including phenoxy) is 1. The molecule has 2 N–H and O–H groups in total. The maximum absolute atomic E-state index is 16.6. The van der Waals surface area contributed by atoms with Crippen LogP contribution in [0, 0.1) is 24.1 Å². The van der Waals surface area contributed by atoms with Crippen LogP contribution in [-0.2, 0) is 0 Å². The van der Waals surface area contributed by atoms with E-state index in [4.69, 9.17) is 21.3 Å². The van der Waals surface area contributed by atoms with Crippen LogP contribution in [0.2, 0.25) is 5.02 Å². The zero-order chi connectivity index (χ0) is 29.0. The summed E-state index contributed by atoms with van der Waals surface area (Å²) in [6, 6.07) is 4.03. The first-order chi connectivity index (χ1) is 20.4. The second-order valence-corrected chi connectivity index (χ2v) is 11.9. The first-order valence-electron chi connectivity index (χ1n) is 14.2. The largest absolute Gasteiger partial charge is 0.461 e. The van der Waals surface area contributed by atoms with Gasteiger partial charge in [0.1, 0.15) is 29.8 Å². The summed E-state index contributed by atoms with van der Waals surface area (Å²) >= 11 is 6.72. The predicted octanol–water partition coefficient (Wildman–Crippen LogP) is 4.32. The molecule has 0 bridgehead atoms. The molecule has 0 unspecified atom stereocenters. The van der Waals surface area contributed by atoms with E-state index < -0.39 is 17.5 Å². The Morgan fingerprint density at radius 1 is 1.24 bits per heavy atom. The molecule has 3 atom stereocenters. The summed E-state index contributed by atoms with van der Waals surface area (Å²) in [5.74, 6) is -0.165. The molecular formula is C29H30ClF2N9O. The number of anilines is 1. The number of piperazine rings is 1. The molecule has 3 aromatic heterocycles. The number of aryl methyl sites for hydroxylation is 1. The Balaban J connectivity index is 1.35. The minimum Gasteiger partial charge on any atom is -0.461 e. The molecule has 0 saturated carbocycles. The van der Waals surface area contributed by atoms with Crippen molar-refractivity contribution in [1.29, 1.82) is 5.26 Å². The maximum atomic E-state index is 16.6. The summed E-state index contributed by atoms with van der Waals surface area (Å²) in [5.41, 5.74) is 1.60. The number of fused-ring (bicyclic) bond motifs is 3. The highest BCUT2D eigenvalue weighted by molar-refractivity contribution is 6.35. The number of halogens is 3. The van der Waals surface area contributed by atoms with Gasteiger partial charge >= 0.3 is 6.01 Å². The van der Waals surface area contributed by atoms with E-state index in [1.165, 1.54) is 0 Å². The number of pyridine rings is 1. The van der Waals surface area contributed by atoms with Crippen LogP contribution in [0.3, 0.4) is 0 Å². The number of nitriles is 1. The average molecular weight is 594 g/mol. The van der Waals surface area contributed by atoms with E-state index in [9.17, 15) is 9.65 Å². The first-order valence-corrected chi connectivity index (χ1v) is 14.6. The Bertz CT molecular complexity index is 1730. The lowest BCUT2D eigenvalue weighted by molar-refractivity contribution is 0.107. The molecule has 3 aliphatic heterocycles. The highest BCUT2D eigenvalue weighted by Crippen LogP contribution is 2.42. The number of H-pyrrole nitrogens is 1. The Morgan fingerprint density at radius 3 is 2.98 bits per heavy atom. The molecule has 4 aromatic rings. The monoisotopic (exact) mass is 593 g/mol. The SMILES string of the molecule is Cc1cc2[nH]ncc2c(-c2ncc3c(N4CCN[C@@H](CC#N)C4)nc(OC[C@@]45CCCN4C[C@H](F)C5)nc3c2F)c1Cl. The standard InChI is InChI=1S/C29H30ClF2N9O/c1-16-9-21-19(12-36-39-21)22(23(16)30)26-24(32)25-20(11-35-26)27(40-8-6-34-18(14-40)3-5-33)38-28(37-25)42-15-29-4-2-7-41(29)13-17(31)10-29/h9,11-12,17-18,34H,2-4,6-8,10,13-15H2,1H3,(H,36,39)/t17-,18+,29+/m1/s1.